The molecule has 0 aliphatic carbocycles. The normalized spacial score (nSPS) is 18.7. The van der Waals surface area contributed by atoms with Gasteiger partial charge in [0, 0.05) is 25.0 Å². The van der Waals surface area contributed by atoms with Crippen LogP contribution in [0.5, 0.6) is 5.75 Å². The van der Waals surface area contributed by atoms with Gasteiger partial charge in [0.05, 0.1) is 12.8 Å². The van der Waals surface area contributed by atoms with Gasteiger partial charge in [-0.15, -0.1) is 0 Å². The summed E-state index contributed by atoms with van der Waals surface area (Å²) in [5.41, 5.74) is 5.50. The van der Waals surface area contributed by atoms with Gasteiger partial charge in [-0.1, -0.05) is 12.1 Å². The van der Waals surface area contributed by atoms with E-state index in [4.69, 9.17) is 10.5 Å². The molecule has 1 heterocycles. The molecule has 1 aromatic carbocycles. The molecule has 0 amide bonds. The van der Waals surface area contributed by atoms with Crippen molar-refractivity contribution < 1.29 is 13.5 Å². The van der Waals surface area contributed by atoms with Crippen LogP contribution < -0.4 is 15.4 Å². The maximum Gasteiger partial charge on any atom is 0.245 e. The monoisotopic (exact) mass is 270 g/mol. The Kier molecular flexibility index (Phi) is 4.24. The fourth-order valence-electron chi connectivity index (χ4n) is 2.60. The highest BCUT2D eigenvalue weighted by molar-refractivity contribution is 5.58. The van der Waals surface area contributed by atoms with Crippen molar-refractivity contribution in [3.05, 3.63) is 24.3 Å². The number of para-hydroxylation sites is 2. The minimum Gasteiger partial charge on any atom is -0.495 e. The number of rotatable bonds is 4. The third-order valence-corrected chi connectivity index (χ3v) is 4.05. The fraction of sp³-hybridized carbons (Fsp3) is 0.571. The van der Waals surface area contributed by atoms with Crippen LogP contribution in [0.4, 0.5) is 14.5 Å². The molecule has 0 saturated carbocycles. The molecule has 0 radical (unpaired) electrons. The van der Waals surface area contributed by atoms with Gasteiger partial charge in [0.1, 0.15) is 5.75 Å². The maximum absolute atomic E-state index is 13.1. The van der Waals surface area contributed by atoms with Crippen molar-refractivity contribution in [2.45, 2.75) is 19.3 Å². The summed E-state index contributed by atoms with van der Waals surface area (Å²) in [6, 6.07) is 7.66. The maximum atomic E-state index is 13.1. The number of halogens is 2. The Morgan fingerprint density at radius 1 is 1.32 bits per heavy atom. The van der Waals surface area contributed by atoms with E-state index in [-0.39, 0.29) is 6.54 Å². The summed E-state index contributed by atoms with van der Waals surface area (Å²) in [7, 11) is 1.62. The zero-order valence-corrected chi connectivity index (χ0v) is 11.1. The summed E-state index contributed by atoms with van der Waals surface area (Å²) in [6.45, 7) is 1.22. The predicted molar refractivity (Wildman–Crippen MR) is 71.9 cm³/mol. The standard InChI is InChI=1S/C14H20F2N2O/c1-19-12-5-3-2-4-11(12)18-8-6-14(10-17,7-9-18)13(15)16/h2-5,13H,6-10,17H2,1H3. The Bertz CT molecular complexity index is 418. The molecule has 3 nitrogen and oxygen atoms in total. The van der Waals surface area contributed by atoms with Crippen molar-refractivity contribution in [2.75, 3.05) is 31.6 Å². The number of methoxy groups -OCH3 is 1. The van der Waals surface area contributed by atoms with Crippen molar-refractivity contribution in [1.29, 1.82) is 0 Å². The molecule has 0 aromatic heterocycles. The first kappa shape index (κ1) is 14.1. The lowest BCUT2D eigenvalue weighted by Gasteiger charge is -2.41. The number of ether oxygens (including phenoxy) is 1. The lowest BCUT2D eigenvalue weighted by molar-refractivity contribution is -0.0160. The van der Waals surface area contributed by atoms with Crippen LogP contribution in [0.2, 0.25) is 0 Å². The van der Waals surface area contributed by atoms with Crippen LogP contribution in [0.1, 0.15) is 12.8 Å². The third kappa shape index (κ3) is 2.66. The third-order valence-electron chi connectivity index (χ3n) is 4.05. The smallest absolute Gasteiger partial charge is 0.245 e. The number of benzene rings is 1. The van der Waals surface area contributed by atoms with Gasteiger partial charge in [0.15, 0.2) is 0 Å². The Balaban J connectivity index is 2.11. The highest BCUT2D eigenvalue weighted by atomic mass is 19.3. The molecule has 2 N–H and O–H groups in total. The topological polar surface area (TPSA) is 38.5 Å². The molecule has 106 valence electrons. The number of piperidine rings is 1. The summed E-state index contributed by atoms with van der Waals surface area (Å²) >= 11 is 0. The highest BCUT2D eigenvalue weighted by Gasteiger charge is 2.41. The molecule has 0 atom stereocenters. The Hall–Kier alpha value is -1.36. The van der Waals surface area contributed by atoms with E-state index in [1.807, 2.05) is 24.3 Å². The van der Waals surface area contributed by atoms with Gasteiger partial charge in [0.2, 0.25) is 6.43 Å². The molecule has 1 aromatic rings. The molecule has 1 aliphatic rings. The number of anilines is 1. The molecular weight excluding hydrogens is 250 g/mol. The molecule has 1 aliphatic heterocycles. The first-order valence-electron chi connectivity index (χ1n) is 6.49. The van der Waals surface area contributed by atoms with E-state index in [2.05, 4.69) is 4.90 Å². The average molecular weight is 270 g/mol. The molecule has 0 unspecified atom stereocenters. The van der Waals surface area contributed by atoms with E-state index in [0.717, 1.165) is 11.4 Å². The summed E-state index contributed by atoms with van der Waals surface area (Å²) < 4.78 is 31.6. The second-order valence-electron chi connectivity index (χ2n) is 5.03. The predicted octanol–water partition coefficient (Wildman–Crippen LogP) is 2.51. The highest BCUT2D eigenvalue weighted by Crippen LogP contribution is 2.39. The molecule has 1 saturated heterocycles. The van der Waals surface area contributed by atoms with Crippen LogP contribution in [0, 0.1) is 5.41 Å². The molecule has 1 fully saturated rings. The number of alkyl halides is 2. The lowest BCUT2D eigenvalue weighted by Crippen LogP contribution is -2.48. The quantitative estimate of drug-likeness (QED) is 0.913. The van der Waals surface area contributed by atoms with Crippen molar-refractivity contribution >= 4 is 5.69 Å². The average Bonchev–Trinajstić information content (AvgIpc) is 2.47. The Morgan fingerprint density at radius 2 is 1.95 bits per heavy atom. The second-order valence-corrected chi connectivity index (χ2v) is 5.03. The van der Waals surface area contributed by atoms with Crippen LogP contribution in [-0.4, -0.2) is 33.2 Å². The molecule has 2 rings (SSSR count). The van der Waals surface area contributed by atoms with Gasteiger partial charge < -0.3 is 15.4 Å². The van der Waals surface area contributed by atoms with Crippen LogP contribution >= 0.6 is 0 Å². The van der Waals surface area contributed by atoms with Crippen molar-refractivity contribution in [3.63, 3.8) is 0 Å². The van der Waals surface area contributed by atoms with Gasteiger partial charge in [0.25, 0.3) is 0 Å². The number of nitrogens with two attached hydrogens (primary N) is 1. The van der Waals surface area contributed by atoms with Crippen LogP contribution in [0.25, 0.3) is 0 Å². The van der Waals surface area contributed by atoms with Gasteiger partial charge >= 0.3 is 0 Å². The van der Waals surface area contributed by atoms with E-state index in [1.165, 1.54) is 0 Å². The fourth-order valence-corrected chi connectivity index (χ4v) is 2.60. The van der Waals surface area contributed by atoms with Crippen LogP contribution in [-0.2, 0) is 0 Å². The molecule has 0 bridgehead atoms. The first-order chi connectivity index (χ1) is 9.13. The minimum absolute atomic E-state index is 0.0461. The van der Waals surface area contributed by atoms with Gasteiger partial charge in [-0.3, -0.25) is 0 Å². The molecule has 19 heavy (non-hydrogen) atoms. The molecule has 5 heteroatoms. The van der Waals surface area contributed by atoms with Crippen molar-refractivity contribution in [1.82, 2.24) is 0 Å². The first-order valence-corrected chi connectivity index (χ1v) is 6.49. The molecular formula is C14H20F2N2O. The largest absolute Gasteiger partial charge is 0.495 e. The summed E-state index contributed by atoms with van der Waals surface area (Å²) in [5.74, 6) is 0.778. The summed E-state index contributed by atoms with van der Waals surface area (Å²) in [6.07, 6.45) is -1.52. The Morgan fingerprint density at radius 3 is 2.47 bits per heavy atom. The summed E-state index contributed by atoms with van der Waals surface area (Å²) in [4.78, 5) is 2.09. The lowest BCUT2D eigenvalue weighted by atomic mass is 9.78. The van der Waals surface area contributed by atoms with Gasteiger partial charge in [-0.2, -0.15) is 0 Å². The SMILES string of the molecule is COc1ccccc1N1CCC(CN)(C(F)F)CC1. The van der Waals surface area contributed by atoms with Crippen LogP contribution in [0.3, 0.4) is 0 Å². The number of nitrogens with zero attached hydrogens (tertiary/aromatic N) is 1. The van der Waals surface area contributed by atoms with E-state index in [0.29, 0.717) is 25.9 Å². The van der Waals surface area contributed by atoms with Crippen LogP contribution in [0.15, 0.2) is 24.3 Å². The van der Waals surface area contributed by atoms with Crippen molar-refractivity contribution in [2.24, 2.45) is 11.1 Å². The number of hydrogen-bond donors (Lipinski definition) is 1. The number of hydrogen-bond acceptors (Lipinski definition) is 3. The molecule has 0 spiro atoms. The van der Waals surface area contributed by atoms with E-state index >= 15 is 0 Å². The summed E-state index contributed by atoms with van der Waals surface area (Å²) in [5, 5.41) is 0. The van der Waals surface area contributed by atoms with E-state index in [1.54, 1.807) is 7.11 Å². The van der Waals surface area contributed by atoms with Gasteiger partial charge in [-0.25, -0.2) is 8.78 Å². The zero-order valence-electron chi connectivity index (χ0n) is 11.1. The van der Waals surface area contributed by atoms with E-state index in [9.17, 15) is 8.78 Å². The minimum atomic E-state index is -2.35. The van der Waals surface area contributed by atoms with Crippen molar-refractivity contribution in [3.8, 4) is 5.75 Å². The Labute approximate surface area is 112 Å². The van der Waals surface area contributed by atoms with Gasteiger partial charge in [-0.05, 0) is 25.0 Å². The second kappa shape index (κ2) is 5.74. The van der Waals surface area contributed by atoms with E-state index < -0.39 is 11.8 Å². The zero-order chi connectivity index (χ0) is 13.9.